The fourth-order valence-electron chi connectivity index (χ4n) is 1.73. The summed E-state index contributed by atoms with van der Waals surface area (Å²) >= 11 is 0. The van der Waals surface area contributed by atoms with E-state index in [1.807, 2.05) is 0 Å². The zero-order valence-electron chi connectivity index (χ0n) is 7.42. The van der Waals surface area contributed by atoms with Crippen LogP contribution in [0.3, 0.4) is 0 Å². The van der Waals surface area contributed by atoms with E-state index in [0.29, 0.717) is 0 Å². The number of hydrogen-bond donors (Lipinski definition) is 1. The minimum Gasteiger partial charge on any atom is -0.330 e. The van der Waals surface area contributed by atoms with Gasteiger partial charge in [0.05, 0.1) is 17.4 Å². The average molecular weight is 231 g/mol. The molecule has 1 aliphatic rings. The largest absolute Gasteiger partial charge is 0.393 e. The van der Waals surface area contributed by atoms with Gasteiger partial charge >= 0.3 is 6.18 Å². The molecular formula is C7H12F3NO2S. The molecule has 0 amide bonds. The van der Waals surface area contributed by atoms with Crippen LogP contribution in [0.5, 0.6) is 0 Å². The van der Waals surface area contributed by atoms with E-state index in [1.54, 1.807) is 0 Å². The third kappa shape index (κ3) is 2.60. The fraction of sp³-hybridized carbons (Fsp3) is 1.00. The monoisotopic (exact) mass is 231 g/mol. The molecule has 0 spiro atoms. The molecule has 2 N–H and O–H groups in total. The Morgan fingerprint density at radius 3 is 2.29 bits per heavy atom. The van der Waals surface area contributed by atoms with Crippen molar-refractivity contribution in [3.63, 3.8) is 0 Å². The van der Waals surface area contributed by atoms with Crippen LogP contribution in [0.1, 0.15) is 6.42 Å². The van der Waals surface area contributed by atoms with Gasteiger partial charge < -0.3 is 5.73 Å². The lowest BCUT2D eigenvalue weighted by atomic mass is 9.91. The van der Waals surface area contributed by atoms with Gasteiger partial charge in [-0.3, -0.25) is 0 Å². The van der Waals surface area contributed by atoms with E-state index in [2.05, 4.69) is 0 Å². The normalized spacial score (nSPS) is 29.0. The van der Waals surface area contributed by atoms with Crippen molar-refractivity contribution in [2.75, 3.05) is 18.1 Å². The minimum absolute atomic E-state index is 0.0731. The first-order valence-corrected chi connectivity index (χ1v) is 6.05. The maximum Gasteiger partial charge on any atom is 0.393 e. The van der Waals surface area contributed by atoms with Crippen LogP contribution in [0.25, 0.3) is 0 Å². The van der Waals surface area contributed by atoms with Crippen molar-refractivity contribution in [1.29, 1.82) is 0 Å². The van der Waals surface area contributed by atoms with Crippen LogP contribution in [-0.2, 0) is 9.84 Å². The molecule has 1 heterocycles. The van der Waals surface area contributed by atoms with Crippen molar-refractivity contribution >= 4 is 9.84 Å². The predicted molar refractivity (Wildman–Crippen MR) is 45.4 cm³/mol. The second-order valence-electron chi connectivity index (χ2n) is 3.55. The van der Waals surface area contributed by atoms with Gasteiger partial charge in [-0.15, -0.1) is 0 Å². The quantitative estimate of drug-likeness (QED) is 0.755. The number of alkyl halides is 3. The maximum atomic E-state index is 12.3. The summed E-state index contributed by atoms with van der Waals surface area (Å²) in [6.07, 6.45) is -4.32. The third-order valence-electron chi connectivity index (χ3n) is 2.51. The Morgan fingerprint density at radius 2 is 2.00 bits per heavy atom. The zero-order valence-corrected chi connectivity index (χ0v) is 8.24. The summed E-state index contributed by atoms with van der Waals surface area (Å²) in [5, 5.41) is 0. The lowest BCUT2D eigenvalue weighted by molar-refractivity contribution is -0.183. The van der Waals surface area contributed by atoms with E-state index in [4.69, 9.17) is 5.73 Å². The molecular weight excluding hydrogens is 219 g/mol. The van der Waals surface area contributed by atoms with Crippen molar-refractivity contribution in [1.82, 2.24) is 0 Å². The van der Waals surface area contributed by atoms with Gasteiger partial charge in [0.1, 0.15) is 0 Å². The van der Waals surface area contributed by atoms with Gasteiger partial charge in [0, 0.05) is 6.54 Å². The van der Waals surface area contributed by atoms with Crippen LogP contribution in [0, 0.1) is 11.8 Å². The standard InChI is InChI=1S/C7H12F3NO2S/c8-7(9,10)6(3-11)5-1-2-14(12,13)4-5/h5-6H,1-4,11H2. The molecule has 14 heavy (non-hydrogen) atoms. The highest BCUT2D eigenvalue weighted by Crippen LogP contribution is 2.36. The molecule has 3 nitrogen and oxygen atoms in total. The topological polar surface area (TPSA) is 60.2 Å². The molecule has 0 aromatic rings. The van der Waals surface area contributed by atoms with E-state index in [9.17, 15) is 21.6 Å². The average Bonchev–Trinajstić information content (AvgIpc) is 2.29. The predicted octanol–water partition coefficient (Wildman–Crippen LogP) is 0.558. The molecule has 0 aromatic heterocycles. The van der Waals surface area contributed by atoms with Crippen molar-refractivity contribution in [3.8, 4) is 0 Å². The van der Waals surface area contributed by atoms with Crippen LogP contribution >= 0.6 is 0 Å². The van der Waals surface area contributed by atoms with Crippen molar-refractivity contribution < 1.29 is 21.6 Å². The van der Waals surface area contributed by atoms with Gasteiger partial charge in [-0.05, 0) is 12.3 Å². The molecule has 1 aliphatic heterocycles. The summed E-state index contributed by atoms with van der Waals surface area (Å²) in [5.74, 6) is -3.07. The molecule has 0 bridgehead atoms. The van der Waals surface area contributed by atoms with Crippen molar-refractivity contribution in [3.05, 3.63) is 0 Å². The number of sulfone groups is 1. The summed E-state index contributed by atoms with van der Waals surface area (Å²) in [6, 6.07) is 0. The van der Waals surface area contributed by atoms with E-state index < -0.39 is 34.4 Å². The molecule has 2 unspecified atom stereocenters. The molecule has 84 valence electrons. The van der Waals surface area contributed by atoms with Gasteiger partial charge in [0.25, 0.3) is 0 Å². The van der Waals surface area contributed by atoms with Crippen LogP contribution in [0.4, 0.5) is 13.2 Å². The first kappa shape index (κ1) is 11.8. The van der Waals surface area contributed by atoms with Crippen LogP contribution < -0.4 is 5.73 Å². The highest BCUT2D eigenvalue weighted by atomic mass is 32.2. The number of halogens is 3. The van der Waals surface area contributed by atoms with E-state index in [1.165, 1.54) is 0 Å². The Morgan fingerprint density at radius 1 is 1.43 bits per heavy atom. The summed E-state index contributed by atoms with van der Waals surface area (Å²) in [4.78, 5) is 0. The molecule has 1 fully saturated rings. The smallest absolute Gasteiger partial charge is 0.330 e. The number of nitrogens with two attached hydrogens (primary N) is 1. The Hall–Kier alpha value is -0.300. The number of hydrogen-bond acceptors (Lipinski definition) is 3. The first-order valence-electron chi connectivity index (χ1n) is 4.23. The lowest BCUT2D eigenvalue weighted by Gasteiger charge is -2.23. The molecule has 0 aliphatic carbocycles. The van der Waals surface area contributed by atoms with Gasteiger partial charge in [0.15, 0.2) is 9.84 Å². The molecule has 7 heteroatoms. The summed E-state index contributed by atoms with van der Waals surface area (Å²) in [7, 11) is -3.27. The SMILES string of the molecule is NCC(C1CCS(=O)(=O)C1)C(F)(F)F. The van der Waals surface area contributed by atoms with E-state index >= 15 is 0 Å². The molecule has 0 radical (unpaired) electrons. The van der Waals surface area contributed by atoms with Crippen molar-refractivity contribution in [2.24, 2.45) is 17.6 Å². The Kier molecular flexibility index (Phi) is 3.10. The number of rotatable bonds is 2. The molecule has 1 saturated heterocycles. The molecule has 0 aromatic carbocycles. The van der Waals surface area contributed by atoms with Crippen molar-refractivity contribution in [2.45, 2.75) is 12.6 Å². The second-order valence-corrected chi connectivity index (χ2v) is 5.78. The molecule has 1 rings (SSSR count). The highest BCUT2D eigenvalue weighted by Gasteiger charge is 2.47. The second kappa shape index (κ2) is 3.69. The third-order valence-corrected chi connectivity index (χ3v) is 4.30. The fourth-order valence-corrected chi connectivity index (χ4v) is 3.61. The van der Waals surface area contributed by atoms with Crippen LogP contribution in [-0.4, -0.2) is 32.6 Å². The van der Waals surface area contributed by atoms with E-state index in [0.717, 1.165) is 0 Å². The Bertz CT molecular complexity index is 299. The Labute approximate surface area is 80.4 Å². The molecule has 2 atom stereocenters. The van der Waals surface area contributed by atoms with Crippen LogP contribution in [0.15, 0.2) is 0 Å². The van der Waals surface area contributed by atoms with Gasteiger partial charge in [-0.1, -0.05) is 0 Å². The minimum atomic E-state index is -4.39. The van der Waals surface area contributed by atoms with Gasteiger partial charge in [-0.25, -0.2) is 8.42 Å². The Balaban J connectivity index is 2.74. The lowest BCUT2D eigenvalue weighted by Crippen LogP contribution is -2.37. The molecule has 0 saturated carbocycles. The van der Waals surface area contributed by atoms with E-state index in [-0.39, 0.29) is 17.9 Å². The maximum absolute atomic E-state index is 12.3. The first-order chi connectivity index (χ1) is 6.26. The zero-order chi connectivity index (χ0) is 11.0. The highest BCUT2D eigenvalue weighted by molar-refractivity contribution is 7.91. The summed E-state index contributed by atoms with van der Waals surface area (Å²) in [5.41, 5.74) is 5.01. The van der Waals surface area contributed by atoms with Crippen LogP contribution in [0.2, 0.25) is 0 Å². The summed E-state index contributed by atoms with van der Waals surface area (Å²) in [6.45, 7) is -0.538. The van der Waals surface area contributed by atoms with Gasteiger partial charge in [-0.2, -0.15) is 13.2 Å². The summed E-state index contributed by atoms with van der Waals surface area (Å²) < 4.78 is 59.0. The van der Waals surface area contributed by atoms with Gasteiger partial charge in [0.2, 0.25) is 0 Å².